The Morgan fingerprint density at radius 3 is 2.31 bits per heavy atom. The smallest absolute Gasteiger partial charge is 0.260 e. The predicted molar refractivity (Wildman–Crippen MR) is 128 cm³/mol. The number of likely N-dealkylation sites (tertiary alicyclic amines) is 1. The minimum atomic E-state index is 0.0708. The minimum Gasteiger partial charge on any atom is -0.497 e. The maximum absolute atomic E-state index is 12.8. The molecule has 4 nitrogen and oxygen atoms in total. The van der Waals surface area contributed by atoms with E-state index in [1.165, 1.54) is 5.56 Å². The van der Waals surface area contributed by atoms with Gasteiger partial charge in [-0.1, -0.05) is 60.7 Å². The average molecular weight is 430 g/mol. The third-order valence-electron chi connectivity index (χ3n) is 6.29. The molecule has 0 bridgehead atoms. The summed E-state index contributed by atoms with van der Waals surface area (Å²) in [5, 5.41) is 0. The van der Waals surface area contributed by atoms with Crippen LogP contribution >= 0.6 is 0 Å². The van der Waals surface area contributed by atoms with Crippen LogP contribution in [0.2, 0.25) is 0 Å². The number of hydrogen-bond donors (Lipinski definition) is 0. The topological polar surface area (TPSA) is 38.8 Å². The molecule has 1 heterocycles. The molecule has 0 N–H and O–H groups in total. The lowest BCUT2D eigenvalue weighted by atomic mass is 9.90. The number of benzene rings is 3. The maximum Gasteiger partial charge on any atom is 0.260 e. The fraction of sp³-hybridized carbons (Fsp3) is 0.321. The standard InChI is InChI=1S/C28H31NO3/c1-31-25-15-13-22(14-16-25)11-12-23-17-19-29(20-18-23)28(30)21-32-27-10-6-5-9-26(27)24-7-3-2-4-8-24/h2-10,13-16,23H,11-12,17-21H2,1H3. The summed E-state index contributed by atoms with van der Waals surface area (Å²) >= 11 is 0. The fourth-order valence-corrected chi connectivity index (χ4v) is 4.31. The Kier molecular flexibility index (Phi) is 7.44. The zero-order valence-electron chi connectivity index (χ0n) is 18.7. The van der Waals surface area contributed by atoms with Gasteiger partial charge in [0.15, 0.2) is 6.61 Å². The lowest BCUT2D eigenvalue weighted by molar-refractivity contribution is -0.134. The second-order valence-corrected chi connectivity index (χ2v) is 8.36. The highest BCUT2D eigenvalue weighted by Crippen LogP contribution is 2.30. The van der Waals surface area contributed by atoms with Crippen LogP contribution in [0.25, 0.3) is 11.1 Å². The van der Waals surface area contributed by atoms with Gasteiger partial charge in [-0.3, -0.25) is 4.79 Å². The molecule has 1 aliphatic rings. The molecule has 1 fully saturated rings. The van der Waals surface area contributed by atoms with Gasteiger partial charge in [-0.25, -0.2) is 0 Å². The molecule has 3 aromatic carbocycles. The monoisotopic (exact) mass is 429 g/mol. The van der Waals surface area contributed by atoms with Gasteiger partial charge in [0.05, 0.1) is 7.11 Å². The normalized spacial score (nSPS) is 14.2. The Morgan fingerprint density at radius 1 is 0.906 bits per heavy atom. The van der Waals surface area contributed by atoms with Crippen molar-refractivity contribution in [1.82, 2.24) is 4.90 Å². The van der Waals surface area contributed by atoms with Crippen LogP contribution in [0.15, 0.2) is 78.9 Å². The number of methoxy groups -OCH3 is 1. The lowest BCUT2D eigenvalue weighted by Crippen LogP contribution is -2.41. The molecule has 0 aliphatic carbocycles. The Labute approximate surface area is 190 Å². The number of piperidine rings is 1. The number of carbonyl (C=O) groups excluding carboxylic acids is 1. The first-order valence-corrected chi connectivity index (χ1v) is 11.4. The van der Waals surface area contributed by atoms with Gasteiger partial charge in [0.2, 0.25) is 0 Å². The van der Waals surface area contributed by atoms with E-state index >= 15 is 0 Å². The first-order chi connectivity index (χ1) is 15.7. The summed E-state index contributed by atoms with van der Waals surface area (Å²) < 4.78 is 11.2. The van der Waals surface area contributed by atoms with Gasteiger partial charge in [0.1, 0.15) is 11.5 Å². The van der Waals surface area contributed by atoms with E-state index in [1.807, 2.05) is 59.5 Å². The van der Waals surface area contributed by atoms with Crippen molar-refractivity contribution in [3.05, 3.63) is 84.4 Å². The van der Waals surface area contributed by atoms with Gasteiger partial charge in [0.25, 0.3) is 5.91 Å². The summed E-state index contributed by atoms with van der Waals surface area (Å²) in [5.74, 6) is 2.39. The van der Waals surface area contributed by atoms with Crippen LogP contribution in [0.5, 0.6) is 11.5 Å². The minimum absolute atomic E-state index is 0.0708. The summed E-state index contributed by atoms with van der Waals surface area (Å²) in [4.78, 5) is 14.7. The predicted octanol–water partition coefficient (Wildman–Crippen LogP) is 5.61. The average Bonchev–Trinajstić information content (AvgIpc) is 2.87. The second kappa shape index (κ2) is 10.9. The molecule has 4 heteroatoms. The van der Waals surface area contributed by atoms with Gasteiger partial charge in [-0.2, -0.15) is 0 Å². The molecule has 0 spiro atoms. The van der Waals surface area contributed by atoms with Crippen LogP contribution in [0.1, 0.15) is 24.8 Å². The highest BCUT2D eigenvalue weighted by Gasteiger charge is 2.23. The number of hydrogen-bond acceptors (Lipinski definition) is 3. The molecule has 32 heavy (non-hydrogen) atoms. The lowest BCUT2D eigenvalue weighted by Gasteiger charge is -2.32. The molecule has 4 rings (SSSR count). The Balaban J connectivity index is 1.24. The maximum atomic E-state index is 12.8. The third-order valence-corrected chi connectivity index (χ3v) is 6.29. The van der Waals surface area contributed by atoms with Crippen LogP contribution in [-0.4, -0.2) is 37.6 Å². The summed E-state index contributed by atoms with van der Waals surface area (Å²) in [7, 11) is 1.69. The van der Waals surface area contributed by atoms with Crippen molar-refractivity contribution < 1.29 is 14.3 Å². The number of nitrogens with zero attached hydrogens (tertiary/aromatic N) is 1. The largest absolute Gasteiger partial charge is 0.497 e. The number of aryl methyl sites for hydroxylation is 1. The van der Waals surface area contributed by atoms with Crippen LogP contribution in [0.4, 0.5) is 0 Å². The molecule has 1 saturated heterocycles. The van der Waals surface area contributed by atoms with Crippen molar-refractivity contribution in [2.24, 2.45) is 5.92 Å². The summed E-state index contributed by atoms with van der Waals surface area (Å²) in [6.45, 7) is 1.71. The Hall–Kier alpha value is -3.27. The Bertz CT molecular complexity index is 993. The first-order valence-electron chi connectivity index (χ1n) is 11.4. The van der Waals surface area contributed by atoms with E-state index in [0.29, 0.717) is 5.92 Å². The van der Waals surface area contributed by atoms with Crippen molar-refractivity contribution in [1.29, 1.82) is 0 Å². The van der Waals surface area contributed by atoms with Crippen molar-refractivity contribution in [3.8, 4) is 22.6 Å². The van der Waals surface area contributed by atoms with Gasteiger partial charge in [-0.05, 0) is 60.9 Å². The van der Waals surface area contributed by atoms with E-state index in [-0.39, 0.29) is 12.5 Å². The highest BCUT2D eigenvalue weighted by molar-refractivity contribution is 5.78. The first kappa shape index (κ1) is 21.9. The van der Waals surface area contributed by atoms with E-state index in [1.54, 1.807) is 7.11 Å². The van der Waals surface area contributed by atoms with Crippen molar-refractivity contribution in [2.75, 3.05) is 26.8 Å². The zero-order chi connectivity index (χ0) is 22.2. The quantitative estimate of drug-likeness (QED) is 0.467. The van der Waals surface area contributed by atoms with Crippen molar-refractivity contribution in [2.45, 2.75) is 25.7 Å². The number of amides is 1. The Morgan fingerprint density at radius 2 is 1.59 bits per heavy atom. The van der Waals surface area contributed by atoms with E-state index in [2.05, 4.69) is 24.3 Å². The highest BCUT2D eigenvalue weighted by atomic mass is 16.5. The third kappa shape index (κ3) is 5.70. The van der Waals surface area contributed by atoms with Gasteiger partial charge >= 0.3 is 0 Å². The molecule has 1 amide bonds. The van der Waals surface area contributed by atoms with Crippen LogP contribution in [0, 0.1) is 5.92 Å². The van der Waals surface area contributed by atoms with Gasteiger partial charge < -0.3 is 14.4 Å². The number of para-hydroxylation sites is 1. The van der Waals surface area contributed by atoms with E-state index < -0.39 is 0 Å². The van der Waals surface area contributed by atoms with Gasteiger partial charge in [0, 0.05) is 18.7 Å². The molecule has 166 valence electrons. The number of carbonyl (C=O) groups is 1. The molecule has 0 atom stereocenters. The SMILES string of the molecule is COc1ccc(CCC2CCN(C(=O)COc3ccccc3-c3ccccc3)CC2)cc1. The second-order valence-electron chi connectivity index (χ2n) is 8.36. The molecule has 3 aromatic rings. The zero-order valence-corrected chi connectivity index (χ0v) is 18.7. The molecule has 0 unspecified atom stereocenters. The fourth-order valence-electron chi connectivity index (χ4n) is 4.31. The van der Waals surface area contributed by atoms with E-state index in [9.17, 15) is 4.79 Å². The number of rotatable bonds is 8. The summed E-state index contributed by atoms with van der Waals surface area (Å²) in [6.07, 6.45) is 4.35. The molecule has 1 aliphatic heterocycles. The molecule has 0 radical (unpaired) electrons. The summed E-state index contributed by atoms with van der Waals surface area (Å²) in [6, 6.07) is 26.4. The van der Waals surface area contributed by atoms with Crippen molar-refractivity contribution >= 4 is 5.91 Å². The molecular weight excluding hydrogens is 398 g/mol. The molecule has 0 saturated carbocycles. The van der Waals surface area contributed by atoms with E-state index in [0.717, 1.165) is 61.4 Å². The molecule has 0 aromatic heterocycles. The molecular formula is C28H31NO3. The van der Waals surface area contributed by atoms with Gasteiger partial charge in [-0.15, -0.1) is 0 Å². The van der Waals surface area contributed by atoms with Crippen LogP contribution in [-0.2, 0) is 11.2 Å². The number of ether oxygens (including phenoxy) is 2. The van der Waals surface area contributed by atoms with Crippen LogP contribution < -0.4 is 9.47 Å². The van der Waals surface area contributed by atoms with E-state index in [4.69, 9.17) is 9.47 Å². The van der Waals surface area contributed by atoms with Crippen molar-refractivity contribution in [3.63, 3.8) is 0 Å². The van der Waals surface area contributed by atoms with Crippen LogP contribution in [0.3, 0.4) is 0 Å². The summed E-state index contributed by atoms with van der Waals surface area (Å²) in [5.41, 5.74) is 3.45.